The number of carbonyl (C=O) groups is 1. The van der Waals surface area contributed by atoms with Crippen LogP contribution in [-0.2, 0) is 0 Å². The SMILES string of the molecule is CC1CC1c1nc(-c2cccc(C(=O)O)c2)no1. The number of carboxylic acid groups (broad SMARTS) is 1. The van der Waals surface area contributed by atoms with Gasteiger partial charge < -0.3 is 9.63 Å². The van der Waals surface area contributed by atoms with Crippen LogP contribution in [0.25, 0.3) is 11.4 Å². The standard InChI is InChI=1S/C13H12N2O3/c1-7-5-10(7)12-14-11(15-18-12)8-3-2-4-9(6-8)13(16)17/h2-4,6-7,10H,5H2,1H3,(H,16,17). The number of carboxylic acids is 1. The van der Waals surface area contributed by atoms with Crippen LogP contribution in [0.2, 0.25) is 0 Å². The Morgan fingerprint density at radius 3 is 2.94 bits per heavy atom. The van der Waals surface area contributed by atoms with E-state index in [1.807, 2.05) is 0 Å². The third-order valence-corrected chi connectivity index (χ3v) is 3.24. The summed E-state index contributed by atoms with van der Waals surface area (Å²) in [7, 11) is 0. The van der Waals surface area contributed by atoms with Crippen molar-refractivity contribution in [3.63, 3.8) is 0 Å². The minimum atomic E-state index is -0.962. The summed E-state index contributed by atoms with van der Waals surface area (Å²) < 4.78 is 5.21. The first-order valence-corrected chi connectivity index (χ1v) is 5.82. The lowest BCUT2D eigenvalue weighted by molar-refractivity contribution is 0.0697. The van der Waals surface area contributed by atoms with Gasteiger partial charge in [0.05, 0.1) is 5.56 Å². The van der Waals surface area contributed by atoms with Crippen molar-refractivity contribution >= 4 is 5.97 Å². The van der Waals surface area contributed by atoms with E-state index in [9.17, 15) is 4.79 Å². The van der Waals surface area contributed by atoms with Gasteiger partial charge in [0.2, 0.25) is 11.7 Å². The van der Waals surface area contributed by atoms with Crippen LogP contribution in [0.3, 0.4) is 0 Å². The molecule has 2 unspecified atom stereocenters. The van der Waals surface area contributed by atoms with Crippen molar-refractivity contribution < 1.29 is 14.4 Å². The molecule has 1 aromatic heterocycles. The number of hydrogen-bond donors (Lipinski definition) is 1. The van der Waals surface area contributed by atoms with Crippen molar-refractivity contribution in [1.82, 2.24) is 10.1 Å². The quantitative estimate of drug-likeness (QED) is 0.897. The second kappa shape index (κ2) is 3.94. The van der Waals surface area contributed by atoms with Gasteiger partial charge >= 0.3 is 5.97 Å². The maximum Gasteiger partial charge on any atom is 0.335 e. The molecule has 2 aromatic rings. The normalized spacial score (nSPS) is 21.8. The van der Waals surface area contributed by atoms with E-state index in [0.29, 0.717) is 29.1 Å². The lowest BCUT2D eigenvalue weighted by Crippen LogP contribution is -1.96. The number of rotatable bonds is 3. The minimum Gasteiger partial charge on any atom is -0.478 e. The predicted molar refractivity (Wildman–Crippen MR) is 63.2 cm³/mol. The van der Waals surface area contributed by atoms with Gasteiger partial charge in [0.25, 0.3) is 0 Å². The lowest BCUT2D eigenvalue weighted by atomic mass is 10.1. The maximum absolute atomic E-state index is 10.9. The van der Waals surface area contributed by atoms with Crippen LogP contribution in [-0.4, -0.2) is 21.2 Å². The van der Waals surface area contributed by atoms with E-state index in [1.54, 1.807) is 18.2 Å². The molecule has 1 aliphatic carbocycles. The molecular weight excluding hydrogens is 232 g/mol. The molecule has 0 radical (unpaired) electrons. The van der Waals surface area contributed by atoms with Gasteiger partial charge in [0.1, 0.15) is 0 Å². The molecule has 0 bridgehead atoms. The molecule has 2 atom stereocenters. The first-order chi connectivity index (χ1) is 8.65. The van der Waals surface area contributed by atoms with Crippen LogP contribution >= 0.6 is 0 Å². The van der Waals surface area contributed by atoms with Crippen LogP contribution < -0.4 is 0 Å². The summed E-state index contributed by atoms with van der Waals surface area (Å²) in [6.45, 7) is 2.14. The van der Waals surface area contributed by atoms with Gasteiger partial charge in [-0.3, -0.25) is 0 Å². The molecule has 5 heteroatoms. The average molecular weight is 244 g/mol. The number of hydrogen-bond acceptors (Lipinski definition) is 4. The van der Waals surface area contributed by atoms with E-state index in [2.05, 4.69) is 17.1 Å². The molecule has 3 rings (SSSR count). The van der Waals surface area contributed by atoms with Gasteiger partial charge in [-0.2, -0.15) is 4.98 Å². The van der Waals surface area contributed by atoms with Crippen LogP contribution in [0.15, 0.2) is 28.8 Å². The van der Waals surface area contributed by atoms with E-state index in [0.717, 1.165) is 6.42 Å². The topological polar surface area (TPSA) is 76.2 Å². The molecule has 0 aliphatic heterocycles. The Kier molecular flexibility index (Phi) is 2.40. The Balaban J connectivity index is 1.92. The summed E-state index contributed by atoms with van der Waals surface area (Å²) in [5.41, 5.74) is 0.886. The van der Waals surface area contributed by atoms with Crippen molar-refractivity contribution in [3.8, 4) is 11.4 Å². The van der Waals surface area contributed by atoms with Crippen LogP contribution in [0.4, 0.5) is 0 Å². The van der Waals surface area contributed by atoms with Gasteiger partial charge in [-0.15, -0.1) is 0 Å². The van der Waals surface area contributed by atoms with Crippen LogP contribution in [0, 0.1) is 5.92 Å². The second-order valence-electron chi connectivity index (χ2n) is 4.66. The van der Waals surface area contributed by atoms with Crippen molar-refractivity contribution in [3.05, 3.63) is 35.7 Å². The number of benzene rings is 1. The molecule has 18 heavy (non-hydrogen) atoms. The average Bonchev–Trinajstić information content (AvgIpc) is 2.92. The summed E-state index contributed by atoms with van der Waals surface area (Å²) in [5, 5.41) is 12.8. The Morgan fingerprint density at radius 2 is 2.28 bits per heavy atom. The third-order valence-electron chi connectivity index (χ3n) is 3.24. The van der Waals surface area contributed by atoms with Gasteiger partial charge in [0.15, 0.2) is 0 Å². The van der Waals surface area contributed by atoms with E-state index in [-0.39, 0.29) is 5.56 Å². The van der Waals surface area contributed by atoms with Crippen molar-refractivity contribution in [2.24, 2.45) is 5.92 Å². The maximum atomic E-state index is 10.9. The molecule has 0 spiro atoms. The molecule has 1 saturated carbocycles. The molecule has 1 N–H and O–H groups in total. The summed E-state index contributed by atoms with van der Waals surface area (Å²) in [5.74, 6) is 1.11. The fraction of sp³-hybridized carbons (Fsp3) is 0.308. The van der Waals surface area contributed by atoms with E-state index in [4.69, 9.17) is 9.63 Å². The highest BCUT2D eigenvalue weighted by atomic mass is 16.5. The number of aromatic carboxylic acids is 1. The molecule has 1 aromatic carbocycles. The van der Waals surface area contributed by atoms with Gasteiger partial charge in [0, 0.05) is 11.5 Å². The van der Waals surface area contributed by atoms with Crippen LogP contribution in [0.5, 0.6) is 0 Å². The molecule has 1 aliphatic rings. The highest BCUT2D eigenvalue weighted by molar-refractivity contribution is 5.89. The van der Waals surface area contributed by atoms with E-state index >= 15 is 0 Å². The Labute approximate surface area is 103 Å². The zero-order valence-corrected chi connectivity index (χ0v) is 9.83. The monoisotopic (exact) mass is 244 g/mol. The molecule has 0 saturated heterocycles. The summed E-state index contributed by atoms with van der Waals surface area (Å²) in [4.78, 5) is 15.2. The fourth-order valence-electron chi connectivity index (χ4n) is 1.96. The van der Waals surface area contributed by atoms with Crippen molar-refractivity contribution in [2.75, 3.05) is 0 Å². The minimum absolute atomic E-state index is 0.221. The van der Waals surface area contributed by atoms with Gasteiger partial charge in [-0.05, 0) is 24.5 Å². The molecule has 0 amide bonds. The molecular formula is C13H12N2O3. The smallest absolute Gasteiger partial charge is 0.335 e. The number of nitrogens with zero attached hydrogens (tertiary/aromatic N) is 2. The molecule has 1 fully saturated rings. The van der Waals surface area contributed by atoms with Crippen molar-refractivity contribution in [2.45, 2.75) is 19.3 Å². The van der Waals surface area contributed by atoms with E-state index < -0.39 is 5.97 Å². The first-order valence-electron chi connectivity index (χ1n) is 5.82. The van der Waals surface area contributed by atoms with Gasteiger partial charge in [-0.1, -0.05) is 24.2 Å². The fourth-order valence-corrected chi connectivity index (χ4v) is 1.96. The zero-order valence-electron chi connectivity index (χ0n) is 9.83. The molecule has 1 heterocycles. The largest absolute Gasteiger partial charge is 0.478 e. The zero-order chi connectivity index (χ0) is 12.7. The highest BCUT2D eigenvalue weighted by Crippen LogP contribution is 2.46. The number of aromatic nitrogens is 2. The summed E-state index contributed by atoms with van der Waals surface area (Å²) >= 11 is 0. The predicted octanol–water partition coefficient (Wildman–Crippen LogP) is 2.56. The Morgan fingerprint density at radius 1 is 1.50 bits per heavy atom. The highest BCUT2D eigenvalue weighted by Gasteiger charge is 2.38. The van der Waals surface area contributed by atoms with Gasteiger partial charge in [-0.25, -0.2) is 4.79 Å². The lowest BCUT2D eigenvalue weighted by Gasteiger charge is -1.96. The molecule has 5 nitrogen and oxygen atoms in total. The summed E-state index contributed by atoms with van der Waals surface area (Å²) in [6, 6.07) is 6.54. The second-order valence-corrected chi connectivity index (χ2v) is 4.66. The Bertz CT molecular complexity index is 606. The Hall–Kier alpha value is -2.17. The van der Waals surface area contributed by atoms with Crippen molar-refractivity contribution in [1.29, 1.82) is 0 Å². The van der Waals surface area contributed by atoms with Crippen LogP contribution in [0.1, 0.15) is 35.5 Å². The first kappa shape index (κ1) is 11.0. The summed E-state index contributed by atoms with van der Waals surface area (Å²) in [6.07, 6.45) is 1.08. The van der Waals surface area contributed by atoms with E-state index in [1.165, 1.54) is 6.07 Å². The molecule has 92 valence electrons. The third kappa shape index (κ3) is 1.88.